The third-order valence-corrected chi connectivity index (χ3v) is 7.47. The smallest absolute Gasteiger partial charge is 0.257 e. The molecule has 0 radical (unpaired) electrons. The maximum atomic E-state index is 13.6. The number of hydrazone groups is 1. The zero-order chi connectivity index (χ0) is 23.6. The molecule has 0 spiro atoms. The van der Waals surface area contributed by atoms with E-state index in [4.69, 9.17) is 14.0 Å². The Balaban J connectivity index is 1.23. The molecule has 5 heterocycles. The topological polar surface area (TPSA) is 88.0 Å². The molecule has 2 aliphatic heterocycles. The lowest BCUT2D eigenvalue weighted by Crippen LogP contribution is -2.42. The second-order valence-electron chi connectivity index (χ2n) is 8.80. The highest BCUT2D eigenvalue weighted by Gasteiger charge is 2.38. The van der Waals surface area contributed by atoms with Crippen LogP contribution < -0.4 is 0 Å². The Morgan fingerprint density at radius 1 is 1.06 bits per heavy atom. The summed E-state index contributed by atoms with van der Waals surface area (Å²) in [4.78, 5) is 21.5. The molecular formula is C26H25N5O3S. The van der Waals surface area contributed by atoms with E-state index >= 15 is 0 Å². The van der Waals surface area contributed by atoms with Crippen molar-refractivity contribution in [3.8, 4) is 11.4 Å². The van der Waals surface area contributed by atoms with Crippen molar-refractivity contribution < 1.29 is 13.7 Å². The lowest BCUT2D eigenvalue weighted by atomic mass is 10.0. The molecule has 2 unspecified atom stereocenters. The number of hydrogen-bond acceptors (Lipinski definition) is 8. The molecule has 0 bridgehead atoms. The first-order chi connectivity index (χ1) is 17.3. The summed E-state index contributed by atoms with van der Waals surface area (Å²) in [6, 6.07) is 17.2. The second kappa shape index (κ2) is 9.59. The third-order valence-electron chi connectivity index (χ3n) is 6.55. The van der Waals surface area contributed by atoms with E-state index in [1.54, 1.807) is 22.6 Å². The number of furan rings is 1. The molecule has 1 saturated heterocycles. The van der Waals surface area contributed by atoms with Crippen molar-refractivity contribution in [2.45, 2.75) is 37.8 Å². The molecular weight excluding hydrogens is 462 g/mol. The second-order valence-corrected chi connectivity index (χ2v) is 9.75. The van der Waals surface area contributed by atoms with E-state index in [0.29, 0.717) is 18.1 Å². The molecule has 4 aromatic rings. The predicted octanol–water partition coefficient (Wildman–Crippen LogP) is 5.30. The van der Waals surface area contributed by atoms with Gasteiger partial charge in [0.15, 0.2) is 0 Å². The van der Waals surface area contributed by atoms with Gasteiger partial charge in [0.25, 0.3) is 5.91 Å². The Kier molecular flexibility index (Phi) is 6.01. The van der Waals surface area contributed by atoms with Gasteiger partial charge in [-0.05, 0) is 43.0 Å². The van der Waals surface area contributed by atoms with E-state index in [9.17, 15) is 4.79 Å². The number of aromatic nitrogens is 2. The van der Waals surface area contributed by atoms with Crippen molar-refractivity contribution in [3.63, 3.8) is 0 Å². The fraction of sp³-hybridized carbons (Fsp3) is 0.308. The Hall–Kier alpha value is -3.56. The minimum atomic E-state index is -0.245. The summed E-state index contributed by atoms with van der Waals surface area (Å²) in [6.45, 7) is 1.02. The maximum Gasteiger partial charge on any atom is 0.257 e. The van der Waals surface area contributed by atoms with Gasteiger partial charge in [0.2, 0.25) is 11.7 Å². The van der Waals surface area contributed by atoms with Crippen LogP contribution in [-0.2, 0) is 4.79 Å². The van der Waals surface area contributed by atoms with Crippen LogP contribution in [-0.4, -0.2) is 44.8 Å². The van der Waals surface area contributed by atoms with Crippen LogP contribution in [0.3, 0.4) is 0 Å². The molecule has 8 nitrogen and oxygen atoms in total. The van der Waals surface area contributed by atoms with Crippen molar-refractivity contribution >= 4 is 23.0 Å². The number of carbonyl (C=O) groups is 1. The molecule has 35 heavy (non-hydrogen) atoms. The van der Waals surface area contributed by atoms with Crippen LogP contribution in [0.15, 0.2) is 80.3 Å². The van der Waals surface area contributed by atoms with Crippen LogP contribution in [0.2, 0.25) is 0 Å². The van der Waals surface area contributed by atoms with Gasteiger partial charge in [-0.2, -0.15) is 10.1 Å². The summed E-state index contributed by atoms with van der Waals surface area (Å²) < 4.78 is 11.4. The normalized spacial score (nSPS) is 20.8. The summed E-state index contributed by atoms with van der Waals surface area (Å²) in [5, 5.41) is 12.6. The van der Waals surface area contributed by atoms with Gasteiger partial charge >= 0.3 is 0 Å². The molecule has 6 rings (SSSR count). The summed E-state index contributed by atoms with van der Waals surface area (Å²) >= 11 is 1.63. The average molecular weight is 488 g/mol. The van der Waals surface area contributed by atoms with E-state index in [-0.39, 0.29) is 24.5 Å². The minimum absolute atomic E-state index is 0.0624. The van der Waals surface area contributed by atoms with Crippen molar-refractivity contribution in [1.82, 2.24) is 20.0 Å². The molecule has 178 valence electrons. The Bertz CT molecular complexity index is 1300. The largest absolute Gasteiger partial charge is 0.467 e. The number of piperidine rings is 1. The molecule has 9 heteroatoms. The fourth-order valence-corrected chi connectivity index (χ4v) is 5.54. The third kappa shape index (κ3) is 4.44. The highest BCUT2D eigenvalue weighted by molar-refractivity contribution is 7.12. The van der Waals surface area contributed by atoms with Gasteiger partial charge in [-0.25, -0.2) is 5.01 Å². The Morgan fingerprint density at radius 2 is 1.97 bits per heavy atom. The molecule has 2 aliphatic rings. The van der Waals surface area contributed by atoms with Gasteiger partial charge in [0.1, 0.15) is 11.8 Å². The van der Waals surface area contributed by atoms with E-state index < -0.39 is 0 Å². The van der Waals surface area contributed by atoms with Crippen molar-refractivity contribution in [1.29, 1.82) is 0 Å². The standard InChI is InChI=1S/C26H25N5O3S/c32-24(31-21(22-11-6-14-33-22)16-19(28-31)23-12-7-15-35-23)17-30-13-5-4-10-20(30)26-27-25(29-34-26)18-8-2-1-3-9-18/h1-3,6-9,11-12,14-15,20-21H,4-5,10,13,16-17H2. The van der Waals surface area contributed by atoms with Gasteiger partial charge in [-0.1, -0.05) is 48.0 Å². The Labute approximate surface area is 206 Å². The number of thiophene rings is 1. The zero-order valence-corrected chi connectivity index (χ0v) is 19.9. The van der Waals surface area contributed by atoms with Crippen LogP contribution in [0.1, 0.15) is 54.3 Å². The minimum Gasteiger partial charge on any atom is -0.467 e. The number of carbonyl (C=O) groups excluding carboxylic acids is 1. The van der Waals surface area contributed by atoms with E-state index in [1.165, 1.54) is 0 Å². The van der Waals surface area contributed by atoms with E-state index in [2.05, 4.69) is 15.0 Å². The quantitative estimate of drug-likeness (QED) is 0.367. The van der Waals surface area contributed by atoms with Gasteiger partial charge < -0.3 is 8.94 Å². The monoisotopic (exact) mass is 487 g/mol. The molecule has 2 atom stereocenters. The van der Waals surface area contributed by atoms with Gasteiger partial charge in [-0.3, -0.25) is 9.69 Å². The van der Waals surface area contributed by atoms with Gasteiger partial charge in [-0.15, -0.1) is 11.3 Å². The summed E-state index contributed by atoms with van der Waals surface area (Å²) in [7, 11) is 0. The summed E-state index contributed by atoms with van der Waals surface area (Å²) in [5.74, 6) is 1.81. The Morgan fingerprint density at radius 3 is 2.77 bits per heavy atom. The highest BCUT2D eigenvalue weighted by Crippen LogP contribution is 2.36. The summed E-state index contributed by atoms with van der Waals surface area (Å²) in [5.41, 5.74) is 1.82. The molecule has 1 amide bonds. The van der Waals surface area contributed by atoms with E-state index in [1.807, 2.05) is 60.0 Å². The number of benzene rings is 1. The molecule has 1 fully saturated rings. The first kappa shape index (κ1) is 21.9. The first-order valence-corrected chi connectivity index (χ1v) is 12.7. The van der Waals surface area contributed by atoms with Crippen molar-refractivity contribution in [2.75, 3.05) is 13.1 Å². The van der Waals surface area contributed by atoms with Crippen molar-refractivity contribution in [2.24, 2.45) is 5.10 Å². The lowest BCUT2D eigenvalue weighted by Gasteiger charge is -2.33. The number of hydrogen-bond donors (Lipinski definition) is 0. The number of rotatable bonds is 6. The van der Waals surface area contributed by atoms with Crippen molar-refractivity contribution in [3.05, 3.63) is 82.8 Å². The lowest BCUT2D eigenvalue weighted by molar-refractivity contribution is -0.135. The predicted molar refractivity (Wildman–Crippen MR) is 132 cm³/mol. The van der Waals surface area contributed by atoms with Crippen LogP contribution in [0, 0.1) is 0 Å². The number of amides is 1. The molecule has 0 aliphatic carbocycles. The first-order valence-electron chi connectivity index (χ1n) is 11.9. The summed E-state index contributed by atoms with van der Waals surface area (Å²) in [6.07, 6.45) is 5.22. The fourth-order valence-electron chi connectivity index (χ4n) is 4.82. The molecule has 1 aromatic carbocycles. The van der Waals surface area contributed by atoms with Crippen LogP contribution in [0.5, 0.6) is 0 Å². The number of nitrogens with zero attached hydrogens (tertiary/aromatic N) is 5. The SMILES string of the molecule is O=C(CN1CCCCC1c1nc(-c2ccccc2)no1)N1N=C(c2cccs2)CC1c1ccco1. The van der Waals surface area contributed by atoms with Crippen LogP contribution in [0.4, 0.5) is 0 Å². The highest BCUT2D eigenvalue weighted by atomic mass is 32.1. The molecule has 0 N–H and O–H groups in total. The average Bonchev–Trinajstić information content (AvgIpc) is 3.71. The van der Waals surface area contributed by atoms with Gasteiger partial charge in [0.05, 0.1) is 29.4 Å². The zero-order valence-electron chi connectivity index (χ0n) is 19.1. The van der Waals surface area contributed by atoms with Gasteiger partial charge in [0, 0.05) is 12.0 Å². The molecule has 0 saturated carbocycles. The van der Waals surface area contributed by atoms with Crippen LogP contribution in [0.25, 0.3) is 11.4 Å². The maximum absolute atomic E-state index is 13.6. The van der Waals surface area contributed by atoms with E-state index in [0.717, 1.165) is 47.7 Å². The molecule has 3 aromatic heterocycles. The number of likely N-dealkylation sites (tertiary alicyclic amines) is 1. The van der Waals surface area contributed by atoms with Crippen LogP contribution >= 0.6 is 11.3 Å².